The third kappa shape index (κ3) is 10.4. The van der Waals surface area contributed by atoms with Crippen molar-refractivity contribution >= 4 is 23.3 Å². The number of carbonyl (C=O) groups is 4. The summed E-state index contributed by atoms with van der Waals surface area (Å²) in [5.41, 5.74) is -0.935. The van der Waals surface area contributed by atoms with Gasteiger partial charge in [-0.1, -0.05) is 34.6 Å². The van der Waals surface area contributed by atoms with Gasteiger partial charge in [-0.2, -0.15) is 0 Å². The zero-order valence-corrected chi connectivity index (χ0v) is 21.5. The van der Waals surface area contributed by atoms with Crippen LogP contribution in [0.15, 0.2) is 0 Å². The molecule has 8 heteroatoms. The molecule has 0 radical (unpaired) electrons. The van der Waals surface area contributed by atoms with E-state index in [2.05, 4.69) is 5.32 Å². The first-order valence-electron chi connectivity index (χ1n) is 12.2. The first-order chi connectivity index (χ1) is 15.3. The maximum Gasteiger partial charge on any atom is 0.320 e. The van der Waals surface area contributed by atoms with Crippen LogP contribution in [-0.4, -0.2) is 90.6 Å². The number of hydrogen-bond acceptors (Lipinski definition) is 7. The number of nitrogens with zero attached hydrogens (tertiary/aromatic N) is 2. The summed E-state index contributed by atoms with van der Waals surface area (Å²) in [4.78, 5) is 53.7. The molecule has 1 fully saturated rings. The molecule has 0 bridgehead atoms. The van der Waals surface area contributed by atoms with Crippen LogP contribution in [0.4, 0.5) is 0 Å². The fourth-order valence-corrected chi connectivity index (χ4v) is 4.61. The number of nitrogens with one attached hydrogen (secondary N) is 1. The highest BCUT2D eigenvalue weighted by Gasteiger charge is 2.33. The van der Waals surface area contributed by atoms with Crippen LogP contribution in [0, 0.1) is 10.8 Å². The number of carboxylic acid groups (broad SMARTS) is 1. The van der Waals surface area contributed by atoms with Crippen LogP contribution in [0.3, 0.4) is 0 Å². The van der Waals surface area contributed by atoms with Crippen molar-refractivity contribution in [3.05, 3.63) is 0 Å². The number of rotatable bonds is 10. The zero-order valence-electron chi connectivity index (χ0n) is 21.5. The molecule has 1 aliphatic rings. The molecule has 0 aliphatic carbocycles. The number of likely N-dealkylation sites (N-methyl/N-ethyl adjacent to an activating group) is 2. The van der Waals surface area contributed by atoms with E-state index >= 15 is 0 Å². The quantitative estimate of drug-likeness (QED) is 0.504. The molecule has 1 aliphatic heterocycles. The Labute approximate surface area is 199 Å². The molecule has 0 aromatic heterocycles. The summed E-state index contributed by atoms with van der Waals surface area (Å²) in [5.74, 6) is -0.660. The molecule has 33 heavy (non-hydrogen) atoms. The van der Waals surface area contributed by atoms with Gasteiger partial charge in [-0.05, 0) is 44.8 Å². The Morgan fingerprint density at radius 3 is 2.39 bits per heavy atom. The lowest BCUT2D eigenvalue weighted by molar-refractivity contribution is -0.144. The Kier molecular flexibility index (Phi) is 11.8. The second-order valence-corrected chi connectivity index (χ2v) is 10.8. The van der Waals surface area contributed by atoms with Crippen molar-refractivity contribution in [2.45, 2.75) is 79.2 Å². The fourth-order valence-electron chi connectivity index (χ4n) is 4.61. The minimum Gasteiger partial charge on any atom is -0.480 e. The lowest BCUT2D eigenvalue weighted by atomic mass is 9.76. The highest BCUT2D eigenvalue weighted by Crippen LogP contribution is 2.33. The Hall–Kier alpha value is -1.64. The van der Waals surface area contributed by atoms with Gasteiger partial charge in [0.1, 0.15) is 23.4 Å². The predicted molar refractivity (Wildman–Crippen MR) is 129 cm³/mol. The topological polar surface area (TPSA) is 107 Å². The van der Waals surface area contributed by atoms with Crippen molar-refractivity contribution in [2.75, 3.05) is 46.3 Å². The zero-order chi connectivity index (χ0) is 25.2. The molecule has 0 saturated carbocycles. The number of hydrogen-bond donors (Lipinski definition) is 2. The Morgan fingerprint density at radius 2 is 1.85 bits per heavy atom. The molecular weight excluding hydrogens is 422 g/mol. The van der Waals surface area contributed by atoms with Gasteiger partial charge in [0.15, 0.2) is 0 Å². The number of Topliss-reactive ketones (excluding diaryl/α,β-unsaturated/α-hetero) is 3. The van der Waals surface area contributed by atoms with E-state index in [9.17, 15) is 24.3 Å². The van der Waals surface area contributed by atoms with E-state index in [0.717, 1.165) is 0 Å². The Bertz CT molecular complexity index is 688. The third-order valence-electron chi connectivity index (χ3n) is 6.61. The standard InChI is InChI=1S/C25H45N3O5/c1-7-27-13-14-28(21(23(32)33)9-10-22(31)24(2,3)4)12-8-11-25(5,16-20(30)18-27)15-19(29)17-26-6/h21,26H,7-18H2,1-6H3,(H,32,33)/t21?,25-/m0/s1. The molecule has 1 saturated heterocycles. The first kappa shape index (κ1) is 29.4. The van der Waals surface area contributed by atoms with Crippen LogP contribution in [0.2, 0.25) is 0 Å². The van der Waals surface area contributed by atoms with Crippen molar-refractivity contribution in [1.82, 2.24) is 15.1 Å². The largest absolute Gasteiger partial charge is 0.480 e. The summed E-state index contributed by atoms with van der Waals surface area (Å²) in [6, 6.07) is -0.747. The van der Waals surface area contributed by atoms with Gasteiger partial charge in [-0.25, -0.2) is 0 Å². The van der Waals surface area contributed by atoms with Crippen LogP contribution in [0.25, 0.3) is 0 Å². The number of carbonyl (C=O) groups excluding carboxylic acids is 3. The smallest absolute Gasteiger partial charge is 0.320 e. The second kappa shape index (κ2) is 13.3. The normalized spacial score (nSPS) is 23.0. The Balaban J connectivity index is 3.05. The summed E-state index contributed by atoms with van der Waals surface area (Å²) in [6.07, 6.45) is 2.54. The van der Waals surface area contributed by atoms with Gasteiger partial charge in [0, 0.05) is 37.8 Å². The first-order valence-corrected chi connectivity index (χ1v) is 12.2. The molecular formula is C25H45N3O5. The highest BCUT2D eigenvalue weighted by atomic mass is 16.4. The molecule has 0 aromatic rings. The van der Waals surface area contributed by atoms with Crippen LogP contribution in [0.1, 0.15) is 73.1 Å². The van der Waals surface area contributed by atoms with Crippen molar-refractivity contribution in [2.24, 2.45) is 10.8 Å². The van der Waals surface area contributed by atoms with Crippen molar-refractivity contribution in [3.8, 4) is 0 Å². The third-order valence-corrected chi connectivity index (χ3v) is 6.61. The van der Waals surface area contributed by atoms with Gasteiger partial charge in [0.2, 0.25) is 0 Å². The summed E-state index contributed by atoms with van der Waals surface area (Å²) in [5, 5.41) is 12.8. The molecule has 8 nitrogen and oxygen atoms in total. The molecule has 1 rings (SSSR count). The molecule has 0 amide bonds. The van der Waals surface area contributed by atoms with Gasteiger partial charge in [0.05, 0.1) is 13.1 Å². The van der Waals surface area contributed by atoms with E-state index < -0.39 is 22.8 Å². The van der Waals surface area contributed by atoms with Crippen LogP contribution in [-0.2, 0) is 19.2 Å². The van der Waals surface area contributed by atoms with Gasteiger partial charge >= 0.3 is 5.97 Å². The lowest BCUT2D eigenvalue weighted by Gasteiger charge is -2.32. The lowest BCUT2D eigenvalue weighted by Crippen LogP contribution is -2.46. The van der Waals surface area contributed by atoms with Gasteiger partial charge in [-0.15, -0.1) is 0 Å². The average Bonchev–Trinajstić information content (AvgIpc) is 2.70. The predicted octanol–water partition coefficient (Wildman–Crippen LogP) is 2.40. The second-order valence-electron chi connectivity index (χ2n) is 10.8. The van der Waals surface area contributed by atoms with Gasteiger partial charge < -0.3 is 10.4 Å². The van der Waals surface area contributed by atoms with E-state index in [0.29, 0.717) is 58.4 Å². The molecule has 1 unspecified atom stereocenters. The highest BCUT2D eigenvalue weighted by molar-refractivity contribution is 5.85. The van der Waals surface area contributed by atoms with Gasteiger partial charge in [-0.3, -0.25) is 29.0 Å². The van der Waals surface area contributed by atoms with E-state index in [1.165, 1.54) is 0 Å². The molecule has 1 heterocycles. The van der Waals surface area contributed by atoms with Crippen LogP contribution < -0.4 is 5.32 Å². The van der Waals surface area contributed by atoms with Crippen LogP contribution in [0.5, 0.6) is 0 Å². The summed E-state index contributed by atoms with van der Waals surface area (Å²) >= 11 is 0. The summed E-state index contributed by atoms with van der Waals surface area (Å²) < 4.78 is 0. The Morgan fingerprint density at radius 1 is 1.18 bits per heavy atom. The maximum absolute atomic E-state index is 12.8. The summed E-state index contributed by atoms with van der Waals surface area (Å²) in [6.45, 7) is 12.5. The maximum atomic E-state index is 12.8. The number of carboxylic acids is 1. The molecule has 2 N–H and O–H groups in total. The molecule has 0 aromatic carbocycles. The SMILES string of the molecule is CCN1CCN(C(CCC(=O)C(C)(C)C)C(=O)O)CCC[C@@](C)(CC(=O)CNC)CC(=O)C1. The number of ketones is 3. The van der Waals surface area contributed by atoms with Crippen molar-refractivity contribution < 1.29 is 24.3 Å². The summed E-state index contributed by atoms with van der Waals surface area (Å²) in [7, 11) is 1.73. The fraction of sp³-hybridized carbons (Fsp3) is 0.840. The minimum absolute atomic E-state index is 0.0584. The molecule has 0 spiro atoms. The van der Waals surface area contributed by atoms with E-state index in [-0.39, 0.29) is 36.7 Å². The van der Waals surface area contributed by atoms with E-state index in [4.69, 9.17) is 0 Å². The van der Waals surface area contributed by atoms with Crippen LogP contribution >= 0.6 is 0 Å². The van der Waals surface area contributed by atoms with Gasteiger partial charge in [0.25, 0.3) is 0 Å². The minimum atomic E-state index is -0.919. The van der Waals surface area contributed by atoms with E-state index in [1.807, 2.05) is 44.4 Å². The van der Waals surface area contributed by atoms with E-state index in [1.54, 1.807) is 7.05 Å². The average molecular weight is 468 g/mol. The molecule has 190 valence electrons. The molecule has 2 atom stereocenters. The number of aliphatic carboxylic acids is 1. The van der Waals surface area contributed by atoms with Crippen molar-refractivity contribution in [1.29, 1.82) is 0 Å². The monoisotopic (exact) mass is 467 g/mol. The van der Waals surface area contributed by atoms with Crippen molar-refractivity contribution in [3.63, 3.8) is 0 Å².